The predicted octanol–water partition coefficient (Wildman–Crippen LogP) is 0.448. The van der Waals surface area contributed by atoms with E-state index in [0.717, 1.165) is 4.57 Å². The van der Waals surface area contributed by atoms with E-state index in [1.807, 2.05) is 0 Å². The average Bonchev–Trinajstić information content (AvgIpc) is 2.50. The van der Waals surface area contributed by atoms with Crippen molar-refractivity contribution in [3.63, 3.8) is 0 Å². The lowest BCUT2D eigenvalue weighted by Crippen LogP contribution is -2.49. The van der Waals surface area contributed by atoms with Gasteiger partial charge in [-0.2, -0.15) is 0 Å². The molecule has 0 bridgehead atoms. The summed E-state index contributed by atoms with van der Waals surface area (Å²) in [5, 5.41) is 5.04. The van der Waals surface area contributed by atoms with Gasteiger partial charge in [-0.15, -0.1) is 0 Å². The molecule has 1 atom stereocenters. The number of anilines is 1. The molecule has 0 fully saturated rings. The highest BCUT2D eigenvalue weighted by atomic mass is 19.1. The minimum Gasteiger partial charge on any atom is -0.327 e. The highest BCUT2D eigenvalue weighted by molar-refractivity contribution is 5.92. The van der Waals surface area contributed by atoms with E-state index in [9.17, 15) is 18.8 Å². The van der Waals surface area contributed by atoms with Crippen LogP contribution in [-0.4, -0.2) is 15.2 Å². The second-order valence-corrected chi connectivity index (χ2v) is 5.05. The Labute approximate surface area is 124 Å². The number of nitrogens with zero attached hydrogens (tertiary/aromatic N) is 2. The molecule has 0 radical (unpaired) electrons. The molecule has 1 unspecified atom stereocenters. The Kier molecular flexibility index (Phi) is 3.09. The maximum absolute atomic E-state index is 13.5. The molecule has 7 nitrogen and oxygen atoms in total. The second-order valence-electron chi connectivity index (χ2n) is 5.05. The molecule has 1 aliphatic rings. The zero-order valence-corrected chi connectivity index (χ0v) is 11.9. The number of hydrogen-bond donors (Lipinski definition) is 2. The van der Waals surface area contributed by atoms with E-state index in [2.05, 4.69) is 10.6 Å². The number of nitrogens with one attached hydrogen (secondary N) is 2. The van der Waals surface area contributed by atoms with Gasteiger partial charge >= 0.3 is 11.7 Å². The van der Waals surface area contributed by atoms with Crippen LogP contribution in [0.15, 0.2) is 33.9 Å². The van der Waals surface area contributed by atoms with Crippen molar-refractivity contribution >= 4 is 11.8 Å². The van der Waals surface area contributed by atoms with Crippen LogP contribution in [0.3, 0.4) is 0 Å². The summed E-state index contributed by atoms with van der Waals surface area (Å²) < 4.78 is 15.6. The van der Waals surface area contributed by atoms with Crippen LogP contribution in [-0.2, 0) is 14.1 Å². The van der Waals surface area contributed by atoms with Crippen molar-refractivity contribution in [1.82, 2.24) is 14.5 Å². The third-order valence-electron chi connectivity index (χ3n) is 3.68. The highest BCUT2D eigenvalue weighted by Crippen LogP contribution is 2.28. The number of fused-ring (bicyclic) bond motifs is 1. The molecule has 0 aliphatic carbocycles. The Morgan fingerprint density at radius 1 is 1.14 bits per heavy atom. The molecule has 1 aromatic heterocycles. The van der Waals surface area contributed by atoms with Gasteiger partial charge < -0.3 is 5.32 Å². The molecule has 0 spiro atoms. The van der Waals surface area contributed by atoms with Crippen LogP contribution in [0.1, 0.15) is 17.2 Å². The number of carbonyl (C=O) groups excluding carboxylic acids is 1. The molecule has 22 heavy (non-hydrogen) atoms. The van der Waals surface area contributed by atoms with Crippen LogP contribution >= 0.6 is 0 Å². The van der Waals surface area contributed by atoms with E-state index >= 15 is 0 Å². The first kappa shape index (κ1) is 14.1. The van der Waals surface area contributed by atoms with Crippen LogP contribution in [0.2, 0.25) is 0 Å². The number of urea groups is 1. The molecule has 114 valence electrons. The number of rotatable bonds is 1. The summed E-state index contributed by atoms with van der Waals surface area (Å²) >= 11 is 0. The Balaban J connectivity index is 2.33. The number of hydrogen-bond acceptors (Lipinski definition) is 3. The zero-order valence-electron chi connectivity index (χ0n) is 11.9. The van der Waals surface area contributed by atoms with E-state index in [1.54, 1.807) is 6.07 Å². The van der Waals surface area contributed by atoms with Gasteiger partial charge in [-0.3, -0.25) is 19.2 Å². The number of halogens is 1. The van der Waals surface area contributed by atoms with Crippen LogP contribution in [0.25, 0.3) is 0 Å². The first-order valence-corrected chi connectivity index (χ1v) is 6.53. The number of benzene rings is 1. The Morgan fingerprint density at radius 2 is 1.86 bits per heavy atom. The monoisotopic (exact) mass is 304 g/mol. The molecule has 8 heteroatoms. The fourth-order valence-electron chi connectivity index (χ4n) is 2.56. The number of carbonyl (C=O) groups is 1. The van der Waals surface area contributed by atoms with E-state index in [1.165, 1.54) is 36.9 Å². The lowest BCUT2D eigenvalue weighted by Gasteiger charge is -2.28. The van der Waals surface area contributed by atoms with Crippen molar-refractivity contribution in [3.05, 3.63) is 62.0 Å². The third kappa shape index (κ3) is 2.00. The van der Waals surface area contributed by atoms with Crippen molar-refractivity contribution in [2.75, 3.05) is 5.32 Å². The van der Waals surface area contributed by atoms with Crippen LogP contribution in [0.4, 0.5) is 15.0 Å². The summed E-state index contributed by atoms with van der Waals surface area (Å²) in [5.74, 6) is -0.361. The van der Waals surface area contributed by atoms with Gasteiger partial charge in [-0.1, -0.05) is 12.1 Å². The summed E-state index contributed by atoms with van der Waals surface area (Å²) in [4.78, 5) is 36.2. The predicted molar refractivity (Wildman–Crippen MR) is 77.3 cm³/mol. The van der Waals surface area contributed by atoms with Gasteiger partial charge in [-0.05, 0) is 17.7 Å². The molecule has 3 rings (SSSR count). The van der Waals surface area contributed by atoms with Crippen molar-refractivity contribution in [2.45, 2.75) is 6.04 Å². The van der Waals surface area contributed by atoms with Gasteiger partial charge in [0, 0.05) is 14.1 Å². The van der Waals surface area contributed by atoms with E-state index in [4.69, 9.17) is 0 Å². The molecular weight excluding hydrogens is 291 g/mol. The van der Waals surface area contributed by atoms with Crippen molar-refractivity contribution < 1.29 is 9.18 Å². The van der Waals surface area contributed by atoms with Gasteiger partial charge in [0.05, 0.1) is 11.6 Å². The van der Waals surface area contributed by atoms with E-state index in [-0.39, 0.29) is 11.4 Å². The van der Waals surface area contributed by atoms with Gasteiger partial charge in [0.25, 0.3) is 5.56 Å². The van der Waals surface area contributed by atoms with Crippen molar-refractivity contribution in [2.24, 2.45) is 14.1 Å². The quantitative estimate of drug-likeness (QED) is 0.802. The van der Waals surface area contributed by atoms with Crippen LogP contribution < -0.4 is 21.9 Å². The molecule has 2 amide bonds. The number of aromatic nitrogens is 2. The topological polar surface area (TPSA) is 85.1 Å². The maximum atomic E-state index is 13.5. The third-order valence-corrected chi connectivity index (χ3v) is 3.68. The summed E-state index contributed by atoms with van der Waals surface area (Å²) in [6.45, 7) is 0. The minimum atomic E-state index is -0.829. The van der Waals surface area contributed by atoms with Gasteiger partial charge in [-0.25, -0.2) is 14.0 Å². The Bertz CT molecular complexity index is 900. The minimum absolute atomic E-state index is 0.117. The molecule has 2 aromatic rings. The van der Waals surface area contributed by atoms with Crippen LogP contribution in [0.5, 0.6) is 0 Å². The molecular formula is C14H13FN4O3. The van der Waals surface area contributed by atoms with Gasteiger partial charge in [0.15, 0.2) is 0 Å². The fourth-order valence-corrected chi connectivity index (χ4v) is 2.56. The molecule has 1 aromatic carbocycles. The van der Waals surface area contributed by atoms with E-state index < -0.39 is 29.1 Å². The summed E-state index contributed by atoms with van der Waals surface area (Å²) in [6, 6.07) is 4.21. The maximum Gasteiger partial charge on any atom is 0.332 e. The van der Waals surface area contributed by atoms with Gasteiger partial charge in [0.2, 0.25) is 0 Å². The fraction of sp³-hybridized carbons (Fsp3) is 0.214. The standard InChI is InChI=1S/C14H13FN4O3/c1-18-11-9(12(20)19(2)14(18)22)10(16-13(21)17-11)7-4-3-5-8(15)6-7/h3-6,10H,1-2H3,(H2,16,17,21). The normalized spacial score (nSPS) is 16.7. The molecule has 1 aliphatic heterocycles. The lowest BCUT2D eigenvalue weighted by atomic mass is 9.98. The lowest BCUT2D eigenvalue weighted by molar-refractivity contribution is 0.248. The first-order valence-electron chi connectivity index (χ1n) is 6.53. The molecule has 2 heterocycles. The van der Waals surface area contributed by atoms with Crippen molar-refractivity contribution in [1.29, 1.82) is 0 Å². The van der Waals surface area contributed by atoms with Gasteiger partial charge in [0.1, 0.15) is 11.6 Å². The molecule has 0 saturated heterocycles. The second kappa shape index (κ2) is 4.83. The summed E-state index contributed by atoms with van der Waals surface area (Å²) in [6.07, 6.45) is 0. The number of amides is 2. The molecule has 0 saturated carbocycles. The summed E-state index contributed by atoms with van der Waals surface area (Å²) in [5.41, 5.74) is -0.481. The molecule has 2 N–H and O–H groups in total. The van der Waals surface area contributed by atoms with Crippen LogP contribution in [0, 0.1) is 5.82 Å². The Hall–Kier alpha value is -2.90. The smallest absolute Gasteiger partial charge is 0.327 e. The highest BCUT2D eigenvalue weighted by Gasteiger charge is 2.31. The average molecular weight is 304 g/mol. The van der Waals surface area contributed by atoms with E-state index in [0.29, 0.717) is 5.56 Å². The first-order chi connectivity index (χ1) is 10.4. The SMILES string of the molecule is Cn1c2c(c(=O)n(C)c1=O)C(c1cccc(F)c1)NC(=O)N2. The largest absolute Gasteiger partial charge is 0.332 e. The zero-order chi connectivity index (χ0) is 16.0. The summed E-state index contributed by atoms with van der Waals surface area (Å²) in [7, 11) is 2.80. The Morgan fingerprint density at radius 3 is 2.55 bits per heavy atom. The van der Waals surface area contributed by atoms with Crippen molar-refractivity contribution in [3.8, 4) is 0 Å².